The first-order chi connectivity index (χ1) is 5.27. The van der Waals surface area contributed by atoms with E-state index < -0.39 is 5.97 Å². The van der Waals surface area contributed by atoms with E-state index in [-0.39, 0.29) is 6.42 Å². The number of hydrogen-bond acceptors (Lipinski definition) is 1. The molecule has 2 nitrogen and oxygen atoms in total. The molecule has 0 aromatic heterocycles. The largest absolute Gasteiger partial charge is 0.481 e. The van der Waals surface area contributed by atoms with Gasteiger partial charge in [-0.25, -0.2) is 0 Å². The van der Waals surface area contributed by atoms with Crippen LogP contribution in [-0.4, -0.2) is 11.1 Å². The highest BCUT2D eigenvalue weighted by Gasteiger charge is 1.93. The third-order valence-electron chi connectivity index (χ3n) is 1.24. The molecular formula is C9H14O2. The Morgan fingerprint density at radius 3 is 2.64 bits per heavy atom. The predicted octanol–water partition coefficient (Wildman–Crippen LogP) is 2.04. The van der Waals surface area contributed by atoms with Gasteiger partial charge in [0.1, 0.15) is 0 Å². The van der Waals surface area contributed by atoms with Crippen molar-refractivity contribution >= 4 is 5.97 Å². The van der Waals surface area contributed by atoms with Crippen molar-refractivity contribution in [2.75, 3.05) is 0 Å². The predicted molar refractivity (Wildman–Crippen MR) is 44.2 cm³/mol. The highest BCUT2D eigenvalue weighted by Crippen LogP contribution is 1.97. The van der Waals surface area contributed by atoms with Gasteiger partial charge in [-0.15, -0.1) is 11.8 Å². The van der Waals surface area contributed by atoms with Gasteiger partial charge >= 0.3 is 5.97 Å². The molecule has 0 saturated heterocycles. The van der Waals surface area contributed by atoms with E-state index in [4.69, 9.17) is 5.11 Å². The quantitative estimate of drug-likeness (QED) is 0.497. The third-order valence-corrected chi connectivity index (χ3v) is 1.24. The van der Waals surface area contributed by atoms with Crippen LogP contribution >= 0.6 is 0 Å². The lowest BCUT2D eigenvalue weighted by molar-refractivity contribution is -0.137. The van der Waals surface area contributed by atoms with Crippen molar-refractivity contribution in [3.8, 4) is 11.8 Å². The van der Waals surface area contributed by atoms with Crippen LogP contribution in [0.2, 0.25) is 0 Å². The van der Waals surface area contributed by atoms with Crippen LogP contribution in [0.15, 0.2) is 0 Å². The van der Waals surface area contributed by atoms with Gasteiger partial charge in [-0.3, -0.25) is 4.79 Å². The van der Waals surface area contributed by atoms with Gasteiger partial charge in [0.05, 0.1) is 0 Å². The number of hydrogen-bond donors (Lipinski definition) is 1. The summed E-state index contributed by atoms with van der Waals surface area (Å²) < 4.78 is 0. The van der Waals surface area contributed by atoms with E-state index in [0.29, 0.717) is 0 Å². The zero-order chi connectivity index (χ0) is 8.53. The van der Waals surface area contributed by atoms with Crippen molar-refractivity contribution in [1.82, 2.24) is 0 Å². The monoisotopic (exact) mass is 154 g/mol. The van der Waals surface area contributed by atoms with Crippen LogP contribution in [0.25, 0.3) is 0 Å². The van der Waals surface area contributed by atoms with Crippen molar-refractivity contribution in [1.29, 1.82) is 0 Å². The summed E-state index contributed by atoms with van der Waals surface area (Å²) in [7, 11) is 0. The van der Waals surface area contributed by atoms with Crippen LogP contribution in [0.1, 0.15) is 39.0 Å². The van der Waals surface area contributed by atoms with Crippen molar-refractivity contribution in [3.05, 3.63) is 0 Å². The zero-order valence-electron chi connectivity index (χ0n) is 6.89. The number of carboxylic acid groups (broad SMARTS) is 1. The van der Waals surface area contributed by atoms with Crippen LogP contribution in [0.3, 0.4) is 0 Å². The number of aliphatic carboxylic acids is 1. The van der Waals surface area contributed by atoms with Gasteiger partial charge in [0.15, 0.2) is 0 Å². The highest BCUT2D eigenvalue weighted by atomic mass is 16.4. The Kier molecular flexibility index (Phi) is 6.51. The molecule has 0 aromatic carbocycles. The minimum atomic E-state index is -0.714. The standard InChI is InChI=1S/C9H14O2/c1-2-3-4-5-6-7-8-9(10)11/h2,5-8H2,1H3,(H,10,11). The maximum atomic E-state index is 10.1. The van der Waals surface area contributed by atoms with Crippen molar-refractivity contribution in [2.45, 2.75) is 39.0 Å². The third kappa shape index (κ3) is 9.03. The van der Waals surface area contributed by atoms with Gasteiger partial charge in [-0.2, -0.15) is 0 Å². The fourth-order valence-corrected chi connectivity index (χ4v) is 0.703. The maximum Gasteiger partial charge on any atom is 0.303 e. The smallest absolute Gasteiger partial charge is 0.303 e. The first-order valence-corrected chi connectivity index (χ1v) is 3.95. The number of unbranched alkanes of at least 4 members (excludes halogenated alkanes) is 2. The maximum absolute atomic E-state index is 10.1. The van der Waals surface area contributed by atoms with E-state index in [1.54, 1.807) is 0 Å². The van der Waals surface area contributed by atoms with Gasteiger partial charge in [-0.05, 0) is 12.8 Å². The molecule has 2 heteroatoms. The summed E-state index contributed by atoms with van der Waals surface area (Å²) in [5, 5.41) is 8.28. The molecule has 62 valence electrons. The van der Waals surface area contributed by atoms with Crippen LogP contribution in [0.5, 0.6) is 0 Å². The van der Waals surface area contributed by atoms with Crippen LogP contribution in [0.4, 0.5) is 0 Å². The molecule has 0 fully saturated rings. The second-order valence-electron chi connectivity index (χ2n) is 2.31. The summed E-state index contributed by atoms with van der Waals surface area (Å²) in [5.74, 6) is 5.19. The van der Waals surface area contributed by atoms with E-state index in [1.165, 1.54) is 0 Å². The Bertz CT molecular complexity index is 162. The first kappa shape index (κ1) is 10.0. The van der Waals surface area contributed by atoms with Gasteiger partial charge in [0, 0.05) is 19.3 Å². The van der Waals surface area contributed by atoms with E-state index in [0.717, 1.165) is 25.7 Å². The van der Waals surface area contributed by atoms with E-state index in [2.05, 4.69) is 11.8 Å². The normalized spacial score (nSPS) is 8.45. The number of carboxylic acids is 1. The van der Waals surface area contributed by atoms with E-state index in [1.807, 2.05) is 6.92 Å². The summed E-state index contributed by atoms with van der Waals surface area (Å²) in [4.78, 5) is 10.1. The molecule has 0 radical (unpaired) electrons. The number of rotatable bonds is 4. The number of carbonyl (C=O) groups is 1. The fraction of sp³-hybridized carbons (Fsp3) is 0.667. The molecule has 0 spiro atoms. The Balaban J connectivity index is 3.08. The Hall–Kier alpha value is -0.970. The van der Waals surface area contributed by atoms with Gasteiger partial charge in [0.2, 0.25) is 0 Å². The zero-order valence-corrected chi connectivity index (χ0v) is 6.89. The van der Waals surface area contributed by atoms with Gasteiger partial charge in [0.25, 0.3) is 0 Å². The van der Waals surface area contributed by atoms with Crippen LogP contribution in [-0.2, 0) is 4.79 Å². The SMILES string of the molecule is CCC#CCCCCC(=O)O. The molecule has 0 aliphatic carbocycles. The van der Waals surface area contributed by atoms with Crippen molar-refractivity contribution in [3.63, 3.8) is 0 Å². The Labute approximate surface area is 67.6 Å². The van der Waals surface area contributed by atoms with Crippen molar-refractivity contribution in [2.24, 2.45) is 0 Å². The second kappa shape index (κ2) is 7.14. The lowest BCUT2D eigenvalue weighted by Crippen LogP contribution is -1.92. The first-order valence-electron chi connectivity index (χ1n) is 3.95. The minimum Gasteiger partial charge on any atom is -0.481 e. The Morgan fingerprint density at radius 2 is 2.09 bits per heavy atom. The molecule has 0 aliphatic rings. The second-order valence-corrected chi connectivity index (χ2v) is 2.31. The highest BCUT2D eigenvalue weighted by molar-refractivity contribution is 5.66. The summed E-state index contributed by atoms with van der Waals surface area (Å²) in [6.45, 7) is 2.00. The molecule has 1 N–H and O–H groups in total. The minimum absolute atomic E-state index is 0.272. The summed E-state index contributed by atoms with van der Waals surface area (Å²) in [6.07, 6.45) is 3.64. The molecular weight excluding hydrogens is 140 g/mol. The summed E-state index contributed by atoms with van der Waals surface area (Å²) in [5.41, 5.74) is 0. The van der Waals surface area contributed by atoms with Gasteiger partial charge < -0.3 is 5.11 Å². The molecule has 11 heavy (non-hydrogen) atoms. The summed E-state index contributed by atoms with van der Waals surface area (Å²) >= 11 is 0. The van der Waals surface area contributed by atoms with Crippen LogP contribution < -0.4 is 0 Å². The topological polar surface area (TPSA) is 37.3 Å². The van der Waals surface area contributed by atoms with E-state index >= 15 is 0 Å². The molecule has 0 unspecified atom stereocenters. The molecule has 0 saturated carbocycles. The molecule has 0 aliphatic heterocycles. The average Bonchev–Trinajstić information content (AvgIpc) is 1.96. The molecule has 0 aromatic rings. The van der Waals surface area contributed by atoms with E-state index in [9.17, 15) is 4.79 Å². The van der Waals surface area contributed by atoms with Gasteiger partial charge in [-0.1, -0.05) is 6.92 Å². The Morgan fingerprint density at radius 1 is 1.36 bits per heavy atom. The van der Waals surface area contributed by atoms with Crippen LogP contribution in [0, 0.1) is 11.8 Å². The molecule has 0 bridgehead atoms. The lowest BCUT2D eigenvalue weighted by Gasteiger charge is -1.90. The fourth-order valence-electron chi connectivity index (χ4n) is 0.703. The molecule has 0 rings (SSSR count). The molecule has 0 heterocycles. The lowest BCUT2D eigenvalue weighted by atomic mass is 10.2. The van der Waals surface area contributed by atoms with Crippen molar-refractivity contribution < 1.29 is 9.90 Å². The molecule has 0 atom stereocenters. The molecule has 0 amide bonds. The average molecular weight is 154 g/mol. The summed E-state index contributed by atoms with van der Waals surface area (Å²) in [6, 6.07) is 0.